The van der Waals surface area contributed by atoms with E-state index >= 15 is 0 Å². The van der Waals surface area contributed by atoms with E-state index in [9.17, 15) is 9.90 Å². The third-order valence-corrected chi connectivity index (χ3v) is 4.86. The van der Waals surface area contributed by atoms with Crippen molar-refractivity contribution < 1.29 is 9.90 Å². The number of hydrogen-bond donors (Lipinski definition) is 2. The first-order valence-electron chi connectivity index (χ1n) is 9.09. The topological polar surface area (TPSA) is 70.4 Å². The van der Waals surface area contributed by atoms with Gasteiger partial charge in [0.1, 0.15) is 11.9 Å². The van der Waals surface area contributed by atoms with E-state index in [1.165, 1.54) is 0 Å². The Bertz CT molecular complexity index is 529. The molecule has 0 saturated carbocycles. The Morgan fingerprint density at radius 2 is 2.17 bits per heavy atom. The van der Waals surface area contributed by atoms with E-state index in [0.717, 1.165) is 32.2 Å². The van der Waals surface area contributed by atoms with Crippen LogP contribution in [0, 0.1) is 11.8 Å². The van der Waals surface area contributed by atoms with Gasteiger partial charge in [-0.25, -0.2) is 9.78 Å². The summed E-state index contributed by atoms with van der Waals surface area (Å²) in [7, 11) is 1.88. The second-order valence-electron chi connectivity index (χ2n) is 7.51. The lowest BCUT2D eigenvalue weighted by Gasteiger charge is -2.35. The predicted molar refractivity (Wildman–Crippen MR) is 94.5 cm³/mol. The summed E-state index contributed by atoms with van der Waals surface area (Å²) in [5.41, 5.74) is 0. The summed E-state index contributed by atoms with van der Waals surface area (Å²) in [6.45, 7) is 7.79. The number of hydrogen-bond acceptors (Lipinski definition) is 3. The molecule has 6 heteroatoms. The van der Waals surface area contributed by atoms with Crippen molar-refractivity contribution in [2.24, 2.45) is 18.9 Å². The van der Waals surface area contributed by atoms with Gasteiger partial charge in [0.15, 0.2) is 0 Å². The maximum Gasteiger partial charge on any atom is 0.317 e. The number of aliphatic hydroxyl groups is 1. The fourth-order valence-corrected chi connectivity index (χ4v) is 3.28. The minimum absolute atomic E-state index is 0.0111. The molecule has 1 aromatic rings. The molecule has 3 unspecified atom stereocenters. The minimum atomic E-state index is -0.626. The van der Waals surface area contributed by atoms with Crippen molar-refractivity contribution >= 4 is 6.03 Å². The molecule has 3 atom stereocenters. The van der Waals surface area contributed by atoms with Crippen molar-refractivity contribution in [1.29, 1.82) is 0 Å². The van der Waals surface area contributed by atoms with Gasteiger partial charge >= 0.3 is 6.03 Å². The van der Waals surface area contributed by atoms with E-state index in [2.05, 4.69) is 31.1 Å². The van der Waals surface area contributed by atoms with Crippen molar-refractivity contribution in [2.75, 3.05) is 13.1 Å². The van der Waals surface area contributed by atoms with Crippen LogP contribution in [-0.2, 0) is 7.05 Å². The molecular formula is C18H32N4O2. The lowest BCUT2D eigenvalue weighted by Crippen LogP contribution is -2.49. The number of aryl methyl sites for hydroxylation is 1. The highest BCUT2D eigenvalue weighted by molar-refractivity contribution is 5.74. The largest absolute Gasteiger partial charge is 0.385 e. The number of urea groups is 1. The first kappa shape index (κ1) is 18.8. The van der Waals surface area contributed by atoms with Crippen molar-refractivity contribution in [3.63, 3.8) is 0 Å². The van der Waals surface area contributed by atoms with Crippen molar-refractivity contribution in [2.45, 2.75) is 58.6 Å². The fourth-order valence-electron chi connectivity index (χ4n) is 3.28. The molecule has 2 N–H and O–H groups in total. The highest BCUT2D eigenvalue weighted by Gasteiger charge is 2.31. The molecule has 0 aliphatic carbocycles. The normalized spacial score (nSPS) is 20.9. The van der Waals surface area contributed by atoms with Crippen LogP contribution in [0.4, 0.5) is 4.79 Å². The van der Waals surface area contributed by atoms with Crippen LogP contribution >= 0.6 is 0 Å². The maximum atomic E-state index is 12.5. The molecule has 1 aliphatic heterocycles. The van der Waals surface area contributed by atoms with Gasteiger partial charge in [-0.3, -0.25) is 0 Å². The SMILES string of the molecule is CC(C)CCC(C)NC(=O)N1CCCC(C(O)c2nccn2C)C1. The molecular weight excluding hydrogens is 304 g/mol. The zero-order valence-corrected chi connectivity index (χ0v) is 15.4. The molecule has 0 aromatic carbocycles. The third-order valence-electron chi connectivity index (χ3n) is 4.86. The number of likely N-dealkylation sites (tertiary alicyclic amines) is 1. The van der Waals surface area contributed by atoms with Gasteiger partial charge in [-0.15, -0.1) is 0 Å². The van der Waals surface area contributed by atoms with Crippen molar-refractivity contribution in [1.82, 2.24) is 19.8 Å². The highest BCUT2D eigenvalue weighted by Crippen LogP contribution is 2.28. The van der Waals surface area contributed by atoms with Crippen molar-refractivity contribution in [3.8, 4) is 0 Å². The van der Waals surface area contributed by atoms with Crippen LogP contribution in [0.15, 0.2) is 12.4 Å². The number of aliphatic hydroxyl groups excluding tert-OH is 1. The van der Waals surface area contributed by atoms with Gasteiger partial charge < -0.3 is 19.9 Å². The summed E-state index contributed by atoms with van der Waals surface area (Å²) in [5.74, 6) is 1.36. The smallest absolute Gasteiger partial charge is 0.317 e. The number of carbonyl (C=O) groups excluding carboxylic acids is 1. The minimum Gasteiger partial charge on any atom is -0.385 e. The zero-order valence-electron chi connectivity index (χ0n) is 15.4. The summed E-state index contributed by atoms with van der Waals surface area (Å²) in [4.78, 5) is 18.6. The van der Waals surface area contributed by atoms with E-state index in [-0.39, 0.29) is 18.0 Å². The standard InChI is InChI=1S/C18H32N4O2/c1-13(2)7-8-14(3)20-18(24)22-10-5-6-15(12-22)16(23)17-19-9-11-21(17)4/h9,11,13-16,23H,5-8,10,12H2,1-4H3,(H,20,24). The van der Waals surface area contributed by atoms with Gasteiger partial charge in [0.05, 0.1) is 0 Å². The number of amides is 2. The van der Waals surface area contributed by atoms with E-state index in [0.29, 0.717) is 18.3 Å². The van der Waals surface area contributed by atoms with Gasteiger partial charge in [0.25, 0.3) is 0 Å². The molecule has 24 heavy (non-hydrogen) atoms. The van der Waals surface area contributed by atoms with Crippen LogP contribution in [0.3, 0.4) is 0 Å². The molecule has 2 heterocycles. The third kappa shape index (κ3) is 4.97. The van der Waals surface area contributed by atoms with Crippen LogP contribution in [0.25, 0.3) is 0 Å². The average molecular weight is 336 g/mol. The molecule has 2 amide bonds. The predicted octanol–water partition coefficient (Wildman–Crippen LogP) is 2.70. The molecule has 136 valence electrons. The number of rotatable bonds is 6. The zero-order chi connectivity index (χ0) is 17.7. The number of piperidine rings is 1. The first-order chi connectivity index (χ1) is 11.4. The fraction of sp³-hybridized carbons (Fsp3) is 0.778. The highest BCUT2D eigenvalue weighted by atomic mass is 16.3. The van der Waals surface area contributed by atoms with E-state index < -0.39 is 6.10 Å². The molecule has 0 radical (unpaired) electrons. The Morgan fingerprint density at radius 1 is 1.42 bits per heavy atom. The monoisotopic (exact) mass is 336 g/mol. The molecule has 6 nitrogen and oxygen atoms in total. The molecule has 1 aromatic heterocycles. The average Bonchev–Trinajstić information content (AvgIpc) is 2.98. The molecule has 0 spiro atoms. The van der Waals surface area contributed by atoms with Crippen LogP contribution < -0.4 is 5.32 Å². The number of aromatic nitrogens is 2. The Morgan fingerprint density at radius 3 is 2.79 bits per heavy atom. The Balaban J connectivity index is 1.88. The summed E-state index contributed by atoms with van der Waals surface area (Å²) in [6, 6.07) is 0.169. The van der Waals surface area contributed by atoms with Gasteiger partial charge in [-0.2, -0.15) is 0 Å². The second-order valence-corrected chi connectivity index (χ2v) is 7.51. The molecule has 0 bridgehead atoms. The Kier molecular flexibility index (Phi) is 6.66. The number of carbonyl (C=O) groups is 1. The summed E-state index contributed by atoms with van der Waals surface area (Å²) in [5, 5.41) is 13.7. The molecule has 2 rings (SSSR count). The first-order valence-corrected chi connectivity index (χ1v) is 9.09. The van der Waals surface area contributed by atoms with E-state index in [4.69, 9.17) is 0 Å². The molecule has 1 saturated heterocycles. The summed E-state index contributed by atoms with van der Waals surface area (Å²) < 4.78 is 1.84. The lowest BCUT2D eigenvalue weighted by molar-refractivity contribution is 0.0528. The number of nitrogens with one attached hydrogen (secondary N) is 1. The van der Waals surface area contributed by atoms with Crippen molar-refractivity contribution in [3.05, 3.63) is 18.2 Å². The molecule has 1 fully saturated rings. The second kappa shape index (κ2) is 8.51. The summed E-state index contributed by atoms with van der Waals surface area (Å²) in [6.07, 6.45) is 6.85. The van der Waals surface area contributed by atoms with Crippen LogP contribution in [0.5, 0.6) is 0 Å². The van der Waals surface area contributed by atoms with E-state index in [1.54, 1.807) is 6.20 Å². The Hall–Kier alpha value is -1.56. The Labute approximate surface area is 145 Å². The molecule has 1 aliphatic rings. The quantitative estimate of drug-likeness (QED) is 0.839. The van der Waals surface area contributed by atoms with E-state index in [1.807, 2.05) is 22.7 Å². The van der Waals surface area contributed by atoms with Gasteiger partial charge in [-0.1, -0.05) is 13.8 Å². The van der Waals surface area contributed by atoms with Crippen LogP contribution in [0.1, 0.15) is 58.4 Å². The van der Waals surface area contributed by atoms with Crippen LogP contribution in [0.2, 0.25) is 0 Å². The lowest BCUT2D eigenvalue weighted by atomic mass is 9.92. The van der Waals surface area contributed by atoms with Gasteiger partial charge in [-0.05, 0) is 38.5 Å². The van der Waals surface area contributed by atoms with Gasteiger partial charge in [0.2, 0.25) is 0 Å². The number of nitrogens with zero attached hydrogens (tertiary/aromatic N) is 3. The van der Waals surface area contributed by atoms with Gasteiger partial charge in [0, 0.05) is 44.5 Å². The maximum absolute atomic E-state index is 12.5. The van der Waals surface area contributed by atoms with Crippen LogP contribution in [-0.4, -0.2) is 44.7 Å². The summed E-state index contributed by atoms with van der Waals surface area (Å²) >= 11 is 0. The number of imidazole rings is 1.